The summed E-state index contributed by atoms with van der Waals surface area (Å²) >= 11 is 0. The molecular weight excluding hydrogens is 918 g/mol. The highest BCUT2D eigenvalue weighted by Crippen LogP contribution is 2.38. The van der Waals surface area contributed by atoms with Crippen LogP contribution in [-0.4, -0.2) is 27.6 Å². The second-order valence-electron chi connectivity index (χ2n) is 28.3. The van der Waals surface area contributed by atoms with Crippen molar-refractivity contribution in [1.29, 1.82) is 0 Å². The summed E-state index contributed by atoms with van der Waals surface area (Å²) in [5.41, 5.74) is 25.7. The highest BCUT2D eigenvalue weighted by atomic mass is 16.5. The monoisotopic (exact) mass is 1000 g/mol. The van der Waals surface area contributed by atoms with Gasteiger partial charge in [0.1, 0.15) is 11.5 Å². The van der Waals surface area contributed by atoms with Gasteiger partial charge in [0, 0.05) is 0 Å². The molecule has 0 amide bonds. The molecule has 7 aromatic rings. The molecule has 0 N–H and O–H groups in total. The van der Waals surface area contributed by atoms with Gasteiger partial charge in [0.05, 0.1) is 14.2 Å². The van der Waals surface area contributed by atoms with Crippen LogP contribution in [-0.2, 0) is 32.5 Å². The molecule has 76 heavy (non-hydrogen) atoms. The maximum Gasteiger partial charge on any atom is 0.243 e. The Bertz CT molecular complexity index is 3110. The number of hydrogen-bond donors (Lipinski definition) is 0. The summed E-state index contributed by atoms with van der Waals surface area (Å²) in [7, 11) is 3.47. The minimum absolute atomic E-state index is 0.0328. The number of methoxy groups -OCH3 is 2. The molecule has 0 fully saturated rings. The van der Waals surface area contributed by atoms with E-state index in [2.05, 4.69) is 270 Å². The Labute approximate surface area is 459 Å². The van der Waals surface area contributed by atoms with Crippen LogP contribution in [0.25, 0.3) is 46.6 Å². The Hall–Kier alpha value is -6.25. The molecule has 0 saturated carbocycles. The summed E-state index contributed by atoms with van der Waals surface area (Å²) in [6.45, 7) is 43.1. The van der Waals surface area contributed by atoms with E-state index in [0.29, 0.717) is 0 Å². The second kappa shape index (κ2) is 19.3. The summed E-state index contributed by atoms with van der Waals surface area (Å²) in [5.74, 6) is 1.72. The molecule has 2 heterocycles. The molecule has 7 aromatic carbocycles. The number of fused-ring (bicyclic) bond motifs is 4. The van der Waals surface area contributed by atoms with E-state index in [1.54, 1.807) is 14.2 Å². The third kappa shape index (κ3) is 10.5. The van der Waals surface area contributed by atoms with Crippen molar-refractivity contribution in [2.45, 2.75) is 157 Å². The van der Waals surface area contributed by atoms with E-state index in [1.165, 1.54) is 111 Å². The molecule has 0 atom stereocenters. The van der Waals surface area contributed by atoms with Gasteiger partial charge in [-0.3, -0.25) is 0 Å². The molecule has 4 heteroatoms. The zero-order valence-electron chi connectivity index (χ0n) is 49.8. The van der Waals surface area contributed by atoms with Gasteiger partial charge in [-0.15, -0.1) is 0 Å². The molecule has 0 saturated heterocycles. The predicted molar refractivity (Wildman–Crippen MR) is 336 cm³/mol. The first-order valence-corrected chi connectivity index (χ1v) is 27.9. The van der Waals surface area contributed by atoms with Crippen molar-refractivity contribution in [3.05, 3.63) is 177 Å². The van der Waals surface area contributed by atoms with Crippen LogP contribution in [0.5, 0.6) is 11.5 Å². The molecule has 2 aliphatic heterocycles. The van der Waals surface area contributed by atoms with Crippen LogP contribution in [0.4, 0.5) is 0 Å². The maximum atomic E-state index is 5.60. The third-order valence-corrected chi connectivity index (χ3v) is 16.3. The predicted octanol–water partition coefficient (Wildman–Crippen LogP) is 14.8. The smallest absolute Gasteiger partial charge is 0.243 e. The van der Waals surface area contributed by atoms with E-state index < -0.39 is 0 Å². The largest absolute Gasteiger partial charge is 0.497 e. The van der Waals surface area contributed by atoms with Gasteiger partial charge < -0.3 is 9.47 Å². The molecule has 0 radical (unpaired) electrons. The Balaban J connectivity index is 1.41. The fourth-order valence-corrected chi connectivity index (χ4v) is 11.9. The molecule has 390 valence electrons. The maximum absolute atomic E-state index is 5.60. The van der Waals surface area contributed by atoms with Crippen molar-refractivity contribution in [3.8, 4) is 33.8 Å². The van der Waals surface area contributed by atoms with Crippen LogP contribution in [0, 0.1) is 0 Å². The third-order valence-electron chi connectivity index (χ3n) is 16.3. The van der Waals surface area contributed by atoms with E-state index in [-0.39, 0.29) is 45.9 Å². The van der Waals surface area contributed by atoms with Crippen molar-refractivity contribution >= 4 is 70.5 Å². The quantitative estimate of drug-likeness (QED) is 0.155. The van der Waals surface area contributed by atoms with Gasteiger partial charge in [-0.05, 0) is 147 Å². The van der Waals surface area contributed by atoms with Crippen molar-refractivity contribution in [1.82, 2.24) is 0 Å². The summed E-state index contributed by atoms with van der Waals surface area (Å²) in [6, 6.07) is 46.9. The van der Waals surface area contributed by atoms with Crippen molar-refractivity contribution in [2.24, 2.45) is 0 Å². The lowest BCUT2D eigenvalue weighted by Gasteiger charge is -2.37. The highest BCUT2D eigenvalue weighted by molar-refractivity contribution is 6.99. The van der Waals surface area contributed by atoms with Gasteiger partial charge in [0.15, 0.2) is 0 Å². The van der Waals surface area contributed by atoms with Crippen LogP contribution >= 0.6 is 0 Å². The lowest BCUT2D eigenvalue weighted by molar-refractivity contribution is 0.415. The highest BCUT2D eigenvalue weighted by Gasteiger charge is 2.42. The van der Waals surface area contributed by atoms with Gasteiger partial charge >= 0.3 is 0 Å². The summed E-state index contributed by atoms with van der Waals surface area (Å²) < 4.78 is 11.2. The molecule has 0 unspecified atom stereocenters. The number of rotatable bonds is 6. The van der Waals surface area contributed by atoms with Gasteiger partial charge in [0.2, 0.25) is 13.4 Å². The first-order chi connectivity index (χ1) is 35.4. The number of benzene rings is 7. The van der Waals surface area contributed by atoms with Crippen LogP contribution in [0.2, 0.25) is 0 Å². The minimum atomic E-state index is -0.147. The SMILES string of the molecule is COc1ccc(-c2ccc3c(c2)C=Cc2cc4c(cc2B3c2c(C(C)(C)C)cc(C(C)(C)C)cc2C(C)(C)C)C=Cc2cc(-c3ccc(OC)cc3)ccc2B4c2c(C(C)(C)C)cc(C(C)(C)C)cc2C(C)(C)C)cc1. The lowest BCUT2D eigenvalue weighted by Crippen LogP contribution is -2.60. The van der Waals surface area contributed by atoms with E-state index in [4.69, 9.17) is 9.47 Å². The molecule has 0 bridgehead atoms. The molecule has 0 aromatic heterocycles. The molecule has 0 spiro atoms. The first-order valence-electron chi connectivity index (χ1n) is 27.9. The first kappa shape index (κ1) is 54.5. The van der Waals surface area contributed by atoms with Crippen molar-refractivity contribution in [3.63, 3.8) is 0 Å². The average Bonchev–Trinajstić information content (AvgIpc) is 3.68. The van der Waals surface area contributed by atoms with Gasteiger partial charge in [-0.25, -0.2) is 0 Å². The standard InChI is InChI=1S/C72H84B2O2/c1-67(2,3)53-41-57(69(7,8)9)65(58(42-53)70(10,11)12)73-61-35-29-47(45-25-31-55(75-19)32-26-45)37-49(61)21-23-51-40-64-52(39-63(51)73)24-22-50-38-48(46-27-33-56(76-20)34-28-46)30-36-62(50)74(64)66-59(71(13,14)15)43-54(68(4,5)6)44-60(66)72(16,17)18/h21-44H,1-20H3. The van der Waals surface area contributed by atoms with E-state index in [9.17, 15) is 0 Å². The van der Waals surface area contributed by atoms with Gasteiger partial charge in [-0.2, -0.15) is 0 Å². The van der Waals surface area contributed by atoms with Crippen LogP contribution in [0.3, 0.4) is 0 Å². The Morgan fingerprint density at radius 1 is 0.276 bits per heavy atom. The molecular formula is C72H84B2O2. The second-order valence-corrected chi connectivity index (χ2v) is 28.3. The molecule has 9 rings (SSSR count). The van der Waals surface area contributed by atoms with Crippen LogP contribution < -0.4 is 42.3 Å². The summed E-state index contributed by atoms with van der Waals surface area (Å²) in [6.07, 6.45) is 9.72. The van der Waals surface area contributed by atoms with Crippen molar-refractivity contribution < 1.29 is 9.47 Å². The van der Waals surface area contributed by atoms with Crippen LogP contribution in [0.15, 0.2) is 121 Å². The van der Waals surface area contributed by atoms with Crippen molar-refractivity contribution in [2.75, 3.05) is 14.2 Å². The summed E-state index contributed by atoms with van der Waals surface area (Å²) in [5, 5.41) is 0. The van der Waals surface area contributed by atoms with Gasteiger partial charge in [0.25, 0.3) is 0 Å². The molecule has 0 aliphatic carbocycles. The Morgan fingerprint density at radius 2 is 0.539 bits per heavy atom. The van der Waals surface area contributed by atoms with Crippen LogP contribution in [0.1, 0.15) is 180 Å². The Morgan fingerprint density at radius 3 is 0.789 bits per heavy atom. The lowest BCUT2D eigenvalue weighted by atomic mass is 9.31. The Kier molecular flexibility index (Phi) is 13.9. The fourth-order valence-electron chi connectivity index (χ4n) is 11.9. The zero-order valence-corrected chi connectivity index (χ0v) is 49.8. The molecule has 2 nitrogen and oxygen atoms in total. The van der Waals surface area contributed by atoms with E-state index in [1.807, 2.05) is 0 Å². The van der Waals surface area contributed by atoms with Gasteiger partial charge in [-0.1, -0.05) is 267 Å². The topological polar surface area (TPSA) is 18.5 Å². The van der Waals surface area contributed by atoms with E-state index >= 15 is 0 Å². The summed E-state index contributed by atoms with van der Waals surface area (Å²) in [4.78, 5) is 0. The minimum Gasteiger partial charge on any atom is -0.497 e. The average molecular weight is 1000 g/mol. The zero-order chi connectivity index (χ0) is 55.2. The normalized spacial score (nSPS) is 13.9. The molecule has 2 aliphatic rings. The van der Waals surface area contributed by atoms with E-state index in [0.717, 1.165) is 11.5 Å². The number of ether oxygens (including phenoxy) is 2. The number of hydrogen-bond acceptors (Lipinski definition) is 2. The fraction of sp³-hybridized carbons (Fsp3) is 0.361.